The third-order valence-electron chi connectivity index (χ3n) is 4.74. The Hall–Kier alpha value is -3.26. The van der Waals surface area contributed by atoms with Crippen LogP contribution in [0.2, 0.25) is 0 Å². The maximum atomic E-state index is 12.2. The van der Waals surface area contributed by atoms with E-state index in [-0.39, 0.29) is 12.3 Å². The van der Waals surface area contributed by atoms with Gasteiger partial charge in [0.2, 0.25) is 17.6 Å². The zero-order valence-electron chi connectivity index (χ0n) is 16.3. The minimum Gasteiger partial charge on any atom is -0.378 e. The van der Waals surface area contributed by atoms with Crippen LogP contribution in [0.4, 0.5) is 11.5 Å². The van der Waals surface area contributed by atoms with Gasteiger partial charge >= 0.3 is 0 Å². The Bertz CT molecular complexity index is 947. The average Bonchev–Trinajstić information content (AvgIpc) is 3.23. The highest BCUT2D eigenvalue weighted by atomic mass is 16.5. The summed E-state index contributed by atoms with van der Waals surface area (Å²) in [6.07, 6.45) is 2.38. The Morgan fingerprint density at radius 3 is 2.66 bits per heavy atom. The minimum absolute atomic E-state index is 0.147. The number of carbonyl (C=O) groups is 1. The summed E-state index contributed by atoms with van der Waals surface area (Å²) in [7, 11) is 0. The van der Waals surface area contributed by atoms with Gasteiger partial charge in [0.05, 0.1) is 25.1 Å². The third kappa shape index (κ3) is 4.97. The number of ether oxygens (including phenoxy) is 1. The van der Waals surface area contributed by atoms with Crippen molar-refractivity contribution in [3.63, 3.8) is 0 Å². The highest BCUT2D eigenvalue weighted by Gasteiger charge is 2.13. The third-order valence-corrected chi connectivity index (χ3v) is 4.74. The summed E-state index contributed by atoms with van der Waals surface area (Å²) in [5.74, 6) is 1.34. The molecule has 1 aliphatic heterocycles. The molecule has 2 aromatic heterocycles. The summed E-state index contributed by atoms with van der Waals surface area (Å²) < 4.78 is 10.6. The largest absolute Gasteiger partial charge is 0.378 e. The summed E-state index contributed by atoms with van der Waals surface area (Å²) >= 11 is 0. The first-order chi connectivity index (χ1) is 14.2. The van der Waals surface area contributed by atoms with E-state index >= 15 is 0 Å². The molecule has 1 N–H and O–H groups in total. The molecule has 8 nitrogen and oxygen atoms in total. The SMILES string of the molecule is Cc1ccc(-c2noc(CCC(=O)Nc3ccc(N4CCOCC4)cn3)n2)cc1. The van der Waals surface area contributed by atoms with Crippen LogP contribution < -0.4 is 10.2 Å². The molecular formula is C21H23N5O3. The summed E-state index contributed by atoms with van der Waals surface area (Å²) in [5, 5.41) is 6.79. The van der Waals surface area contributed by atoms with E-state index in [1.54, 1.807) is 6.20 Å². The van der Waals surface area contributed by atoms with Gasteiger partial charge in [-0.3, -0.25) is 4.79 Å². The van der Waals surface area contributed by atoms with Gasteiger partial charge in [0.15, 0.2) is 0 Å². The fraction of sp³-hybridized carbons (Fsp3) is 0.333. The summed E-state index contributed by atoms with van der Waals surface area (Å²) in [4.78, 5) is 23.1. The maximum absolute atomic E-state index is 12.2. The predicted molar refractivity (Wildman–Crippen MR) is 109 cm³/mol. The van der Waals surface area contributed by atoms with Crippen LogP contribution in [0.15, 0.2) is 47.1 Å². The quantitative estimate of drug-likeness (QED) is 0.688. The molecule has 4 rings (SSSR count). The number of rotatable bonds is 6. The van der Waals surface area contributed by atoms with Crippen LogP contribution in [-0.2, 0) is 16.0 Å². The summed E-state index contributed by atoms with van der Waals surface area (Å²) in [6.45, 7) is 5.17. The molecule has 1 aliphatic rings. The molecule has 3 aromatic rings. The Morgan fingerprint density at radius 1 is 1.14 bits per heavy atom. The number of aryl methyl sites for hydroxylation is 2. The van der Waals surface area contributed by atoms with Crippen molar-refractivity contribution < 1.29 is 14.1 Å². The molecule has 3 heterocycles. The molecule has 0 spiro atoms. The molecule has 29 heavy (non-hydrogen) atoms. The van der Waals surface area contributed by atoms with Crippen LogP contribution in [0.3, 0.4) is 0 Å². The Balaban J connectivity index is 1.28. The lowest BCUT2D eigenvalue weighted by molar-refractivity contribution is -0.116. The van der Waals surface area contributed by atoms with Crippen LogP contribution in [0.25, 0.3) is 11.4 Å². The highest BCUT2D eigenvalue weighted by molar-refractivity contribution is 5.89. The van der Waals surface area contributed by atoms with Gasteiger partial charge in [-0.2, -0.15) is 4.98 Å². The second-order valence-corrected chi connectivity index (χ2v) is 6.93. The number of benzene rings is 1. The van der Waals surface area contributed by atoms with Gasteiger partial charge in [0, 0.05) is 31.5 Å². The molecule has 1 fully saturated rings. The molecule has 0 atom stereocenters. The molecule has 0 aliphatic carbocycles. The van der Waals surface area contributed by atoms with E-state index in [0.29, 0.717) is 24.0 Å². The molecule has 0 radical (unpaired) electrons. The molecule has 1 aromatic carbocycles. The molecule has 0 bridgehead atoms. The van der Waals surface area contributed by atoms with Gasteiger partial charge in [-0.15, -0.1) is 0 Å². The van der Waals surface area contributed by atoms with Gasteiger partial charge < -0.3 is 19.5 Å². The highest BCUT2D eigenvalue weighted by Crippen LogP contribution is 2.18. The van der Waals surface area contributed by atoms with Crippen LogP contribution in [0.5, 0.6) is 0 Å². The number of aromatic nitrogens is 3. The number of hydrogen-bond acceptors (Lipinski definition) is 7. The maximum Gasteiger partial charge on any atom is 0.227 e. The van der Waals surface area contributed by atoms with Gasteiger partial charge in [-0.05, 0) is 19.1 Å². The lowest BCUT2D eigenvalue weighted by Gasteiger charge is -2.28. The molecular weight excluding hydrogens is 370 g/mol. The molecule has 8 heteroatoms. The van der Waals surface area contributed by atoms with Crippen molar-refractivity contribution in [2.45, 2.75) is 19.8 Å². The standard InChI is InChI=1S/C21H23N5O3/c1-15-2-4-16(5-3-15)21-24-20(29-25-21)9-8-19(27)23-18-7-6-17(14-22-18)26-10-12-28-13-11-26/h2-7,14H,8-13H2,1H3,(H,22,23,27). The van der Waals surface area contributed by atoms with Gasteiger partial charge in [0.25, 0.3) is 0 Å². The Labute approximate surface area is 168 Å². The van der Waals surface area contributed by atoms with E-state index in [1.165, 1.54) is 5.56 Å². The number of carbonyl (C=O) groups excluding carboxylic acids is 1. The van der Waals surface area contributed by atoms with Gasteiger partial charge in [-0.1, -0.05) is 35.0 Å². The van der Waals surface area contributed by atoms with Crippen LogP contribution in [0, 0.1) is 6.92 Å². The molecule has 1 amide bonds. The summed E-state index contributed by atoms with van der Waals surface area (Å²) in [6, 6.07) is 11.7. The monoisotopic (exact) mass is 393 g/mol. The van der Waals surface area contributed by atoms with Gasteiger partial charge in [0.1, 0.15) is 5.82 Å². The second-order valence-electron chi connectivity index (χ2n) is 6.93. The minimum atomic E-state index is -0.147. The smallest absolute Gasteiger partial charge is 0.227 e. The van der Waals surface area contributed by atoms with Crippen molar-refractivity contribution in [3.05, 3.63) is 54.0 Å². The number of hydrogen-bond donors (Lipinski definition) is 1. The normalized spacial score (nSPS) is 14.0. The summed E-state index contributed by atoms with van der Waals surface area (Å²) in [5.41, 5.74) is 3.08. The first-order valence-electron chi connectivity index (χ1n) is 9.65. The molecule has 1 saturated heterocycles. The zero-order chi connectivity index (χ0) is 20.1. The van der Waals surface area contributed by atoms with Crippen molar-refractivity contribution in [2.24, 2.45) is 0 Å². The first kappa shape index (κ1) is 19.1. The molecule has 150 valence electrons. The fourth-order valence-electron chi connectivity index (χ4n) is 3.07. The predicted octanol–water partition coefficient (Wildman–Crippen LogP) is 2.85. The number of nitrogens with zero attached hydrogens (tertiary/aromatic N) is 4. The van der Waals surface area contributed by atoms with Gasteiger partial charge in [-0.25, -0.2) is 4.98 Å². The number of nitrogens with one attached hydrogen (secondary N) is 1. The average molecular weight is 393 g/mol. The Kier molecular flexibility index (Phi) is 5.81. The van der Waals surface area contributed by atoms with E-state index in [2.05, 4.69) is 25.3 Å². The second kappa shape index (κ2) is 8.83. The number of pyridine rings is 1. The van der Waals surface area contributed by atoms with Crippen LogP contribution in [0.1, 0.15) is 17.9 Å². The zero-order valence-corrected chi connectivity index (χ0v) is 16.3. The molecule has 0 unspecified atom stereocenters. The van der Waals surface area contributed by atoms with Crippen LogP contribution >= 0.6 is 0 Å². The van der Waals surface area contributed by atoms with Crippen LogP contribution in [-0.4, -0.2) is 47.3 Å². The van der Waals surface area contributed by atoms with E-state index < -0.39 is 0 Å². The fourth-order valence-corrected chi connectivity index (χ4v) is 3.07. The number of amides is 1. The first-order valence-corrected chi connectivity index (χ1v) is 9.65. The molecule has 0 saturated carbocycles. The van der Waals surface area contributed by atoms with E-state index in [0.717, 1.165) is 37.6 Å². The lowest BCUT2D eigenvalue weighted by Crippen LogP contribution is -2.36. The Morgan fingerprint density at radius 2 is 1.93 bits per heavy atom. The topological polar surface area (TPSA) is 93.4 Å². The lowest BCUT2D eigenvalue weighted by atomic mass is 10.1. The van der Waals surface area contributed by atoms with Crippen molar-refractivity contribution in [2.75, 3.05) is 36.5 Å². The van der Waals surface area contributed by atoms with Crippen molar-refractivity contribution in [3.8, 4) is 11.4 Å². The van der Waals surface area contributed by atoms with E-state index in [1.807, 2.05) is 43.3 Å². The van der Waals surface area contributed by atoms with Crippen molar-refractivity contribution in [1.82, 2.24) is 15.1 Å². The number of anilines is 2. The van der Waals surface area contributed by atoms with Crippen molar-refractivity contribution >= 4 is 17.4 Å². The van der Waals surface area contributed by atoms with Crippen molar-refractivity contribution in [1.29, 1.82) is 0 Å². The number of morpholine rings is 1. The van der Waals surface area contributed by atoms with E-state index in [4.69, 9.17) is 9.26 Å². The van der Waals surface area contributed by atoms with E-state index in [9.17, 15) is 4.79 Å².